The number of hydrogen-bond acceptors (Lipinski definition) is 6. The van der Waals surface area contributed by atoms with E-state index in [-0.39, 0.29) is 16.3 Å². The van der Waals surface area contributed by atoms with E-state index in [1.165, 1.54) is 19.2 Å². The van der Waals surface area contributed by atoms with Crippen molar-refractivity contribution in [2.45, 2.75) is 0 Å². The molecule has 0 aliphatic rings. The summed E-state index contributed by atoms with van der Waals surface area (Å²) in [4.78, 5) is 22.6. The minimum Gasteiger partial charge on any atom is -0.493 e. The molecule has 0 saturated heterocycles. The highest BCUT2D eigenvalue weighted by molar-refractivity contribution is 6.34. The van der Waals surface area contributed by atoms with Crippen LogP contribution >= 0.6 is 11.6 Å². The maximum atomic E-state index is 12.4. The summed E-state index contributed by atoms with van der Waals surface area (Å²) in [6.45, 7) is 0. The molecule has 0 fully saturated rings. The second kappa shape index (κ2) is 8.94. The summed E-state index contributed by atoms with van der Waals surface area (Å²) in [5, 5.41) is 22.4. The number of amides is 1. The molecule has 0 radical (unpaired) electrons. The Kier molecular flexibility index (Phi) is 6.15. The number of methoxy groups -OCH3 is 1. The minimum absolute atomic E-state index is 0.0189. The normalized spacial score (nSPS) is 10.0. The Bertz CT molecular complexity index is 1160. The lowest BCUT2D eigenvalue weighted by Gasteiger charge is -2.11. The zero-order chi connectivity index (χ0) is 21.7. The first-order chi connectivity index (χ1) is 14.4. The summed E-state index contributed by atoms with van der Waals surface area (Å²) in [5.41, 5.74) is 0.844. The Morgan fingerprint density at radius 3 is 2.43 bits per heavy atom. The minimum atomic E-state index is -0.588. The molecule has 0 aliphatic heterocycles. The van der Waals surface area contributed by atoms with Crippen molar-refractivity contribution in [3.8, 4) is 23.3 Å². The number of non-ortho nitro benzene ring substituents is 1. The summed E-state index contributed by atoms with van der Waals surface area (Å²) >= 11 is 5.98. The predicted octanol–water partition coefficient (Wildman–Crippen LogP) is 5.17. The number of rotatable bonds is 6. The zero-order valence-electron chi connectivity index (χ0n) is 15.6. The fraction of sp³-hybridized carbons (Fsp3) is 0.0476. The number of carbonyl (C=O) groups excluding carboxylic acids is 1. The van der Waals surface area contributed by atoms with Crippen molar-refractivity contribution in [3.05, 3.63) is 86.9 Å². The van der Waals surface area contributed by atoms with Gasteiger partial charge in [-0.05, 0) is 42.5 Å². The number of benzene rings is 3. The van der Waals surface area contributed by atoms with Crippen LogP contribution in [-0.4, -0.2) is 17.9 Å². The molecule has 0 spiro atoms. The lowest BCUT2D eigenvalue weighted by atomic mass is 10.2. The van der Waals surface area contributed by atoms with Gasteiger partial charge in [-0.1, -0.05) is 11.6 Å². The fourth-order valence-electron chi connectivity index (χ4n) is 2.55. The molecule has 0 unspecified atom stereocenters. The first kappa shape index (κ1) is 20.6. The van der Waals surface area contributed by atoms with Crippen molar-refractivity contribution < 1.29 is 19.2 Å². The van der Waals surface area contributed by atoms with Gasteiger partial charge in [0.2, 0.25) is 0 Å². The number of ether oxygens (including phenoxy) is 2. The highest BCUT2D eigenvalue weighted by Gasteiger charge is 2.15. The number of nitrogens with zero attached hydrogens (tertiary/aromatic N) is 2. The summed E-state index contributed by atoms with van der Waals surface area (Å²) < 4.78 is 11.0. The first-order valence-corrected chi connectivity index (χ1v) is 8.90. The van der Waals surface area contributed by atoms with Crippen LogP contribution in [0.15, 0.2) is 60.7 Å². The molecule has 8 nitrogen and oxygen atoms in total. The van der Waals surface area contributed by atoms with Crippen molar-refractivity contribution in [1.82, 2.24) is 0 Å². The van der Waals surface area contributed by atoms with Crippen molar-refractivity contribution in [2.24, 2.45) is 0 Å². The van der Waals surface area contributed by atoms with E-state index in [9.17, 15) is 14.9 Å². The van der Waals surface area contributed by atoms with Gasteiger partial charge in [-0.15, -0.1) is 0 Å². The highest BCUT2D eigenvalue weighted by Crippen LogP contribution is 2.32. The Morgan fingerprint density at radius 2 is 1.83 bits per heavy atom. The maximum Gasteiger partial charge on any atom is 0.270 e. The Hall–Kier alpha value is -4.09. The van der Waals surface area contributed by atoms with E-state index in [4.69, 9.17) is 26.3 Å². The predicted molar refractivity (Wildman–Crippen MR) is 110 cm³/mol. The fourth-order valence-corrected chi connectivity index (χ4v) is 2.82. The van der Waals surface area contributed by atoms with Crippen molar-refractivity contribution >= 4 is 28.9 Å². The van der Waals surface area contributed by atoms with Gasteiger partial charge >= 0.3 is 0 Å². The summed E-state index contributed by atoms with van der Waals surface area (Å²) in [6.07, 6.45) is 0. The number of nitro groups is 1. The summed E-state index contributed by atoms with van der Waals surface area (Å²) in [5.74, 6) is 0.840. The average Bonchev–Trinajstić information content (AvgIpc) is 2.75. The molecule has 0 heterocycles. The van der Waals surface area contributed by atoms with Gasteiger partial charge in [-0.25, -0.2) is 0 Å². The number of nitrogens with one attached hydrogen (secondary N) is 1. The average molecular weight is 424 g/mol. The van der Waals surface area contributed by atoms with Crippen LogP contribution in [0.25, 0.3) is 0 Å². The molecule has 0 bridgehead atoms. The topological polar surface area (TPSA) is 114 Å². The SMILES string of the molecule is COc1cc(C#N)ccc1Oc1ccc(NC(=O)c2ccc([N+](=O)[O-])cc2Cl)cc1. The van der Waals surface area contributed by atoms with Crippen LogP contribution in [0.5, 0.6) is 17.2 Å². The molecule has 0 aromatic heterocycles. The number of carbonyl (C=O) groups is 1. The summed E-state index contributed by atoms with van der Waals surface area (Å²) in [7, 11) is 1.48. The monoisotopic (exact) mass is 423 g/mol. The van der Waals surface area contributed by atoms with Gasteiger partial charge in [-0.2, -0.15) is 5.26 Å². The molecule has 1 amide bonds. The molecule has 3 rings (SSSR count). The number of halogens is 1. The van der Waals surface area contributed by atoms with Crippen molar-refractivity contribution in [3.63, 3.8) is 0 Å². The van der Waals surface area contributed by atoms with Gasteiger partial charge in [0, 0.05) is 23.9 Å². The molecule has 1 N–H and O–H groups in total. The Balaban J connectivity index is 1.71. The van der Waals surface area contributed by atoms with Gasteiger partial charge < -0.3 is 14.8 Å². The number of nitro benzene ring substituents is 1. The molecule has 3 aromatic carbocycles. The van der Waals surface area contributed by atoms with E-state index in [1.54, 1.807) is 42.5 Å². The second-order valence-electron chi connectivity index (χ2n) is 5.98. The second-order valence-corrected chi connectivity index (χ2v) is 6.39. The van der Waals surface area contributed by atoms with E-state index < -0.39 is 10.8 Å². The van der Waals surface area contributed by atoms with Crippen LogP contribution < -0.4 is 14.8 Å². The van der Waals surface area contributed by atoms with E-state index in [0.29, 0.717) is 28.5 Å². The molecular formula is C21H14ClN3O5. The molecule has 30 heavy (non-hydrogen) atoms. The Labute approximate surface area is 176 Å². The molecule has 0 saturated carbocycles. The highest BCUT2D eigenvalue weighted by atomic mass is 35.5. The standard InChI is InChI=1S/C21H14ClN3O5/c1-29-20-10-13(12-23)2-9-19(20)30-16-6-3-14(4-7-16)24-21(26)17-8-5-15(25(27)28)11-18(17)22/h2-11H,1H3,(H,24,26). The first-order valence-electron chi connectivity index (χ1n) is 8.52. The zero-order valence-corrected chi connectivity index (χ0v) is 16.3. The van der Waals surface area contributed by atoms with Crippen LogP contribution in [0.1, 0.15) is 15.9 Å². The van der Waals surface area contributed by atoms with E-state index in [1.807, 2.05) is 6.07 Å². The molecule has 3 aromatic rings. The third-order valence-electron chi connectivity index (χ3n) is 4.04. The molecule has 0 atom stereocenters. The van der Waals surface area contributed by atoms with Gasteiger partial charge in [0.25, 0.3) is 11.6 Å². The van der Waals surface area contributed by atoms with Crippen LogP contribution in [0.2, 0.25) is 5.02 Å². The van der Waals surface area contributed by atoms with Crippen LogP contribution in [0.3, 0.4) is 0 Å². The smallest absolute Gasteiger partial charge is 0.270 e. The number of nitriles is 1. The van der Waals surface area contributed by atoms with Crippen molar-refractivity contribution in [1.29, 1.82) is 5.26 Å². The van der Waals surface area contributed by atoms with Gasteiger partial charge in [0.1, 0.15) is 5.75 Å². The van der Waals surface area contributed by atoms with Crippen LogP contribution in [0.4, 0.5) is 11.4 Å². The van der Waals surface area contributed by atoms with Crippen LogP contribution in [-0.2, 0) is 0 Å². The van der Waals surface area contributed by atoms with Crippen molar-refractivity contribution in [2.75, 3.05) is 12.4 Å². The maximum absolute atomic E-state index is 12.4. The number of hydrogen-bond donors (Lipinski definition) is 1. The lowest BCUT2D eigenvalue weighted by Crippen LogP contribution is -2.12. The molecule has 150 valence electrons. The third kappa shape index (κ3) is 4.66. The largest absolute Gasteiger partial charge is 0.493 e. The van der Waals surface area contributed by atoms with Gasteiger partial charge in [-0.3, -0.25) is 14.9 Å². The quantitative estimate of drug-likeness (QED) is 0.432. The van der Waals surface area contributed by atoms with Gasteiger partial charge in [0.05, 0.1) is 34.3 Å². The molecule has 9 heteroatoms. The lowest BCUT2D eigenvalue weighted by molar-refractivity contribution is -0.384. The molecular weight excluding hydrogens is 410 g/mol. The molecule has 0 aliphatic carbocycles. The van der Waals surface area contributed by atoms with Crippen LogP contribution in [0, 0.1) is 21.4 Å². The third-order valence-corrected chi connectivity index (χ3v) is 4.35. The van der Waals surface area contributed by atoms with Gasteiger partial charge in [0.15, 0.2) is 11.5 Å². The van der Waals surface area contributed by atoms with E-state index >= 15 is 0 Å². The number of anilines is 1. The van der Waals surface area contributed by atoms with E-state index in [2.05, 4.69) is 5.32 Å². The van der Waals surface area contributed by atoms with E-state index in [0.717, 1.165) is 6.07 Å². The Morgan fingerprint density at radius 1 is 1.10 bits per heavy atom. The summed E-state index contributed by atoms with van der Waals surface area (Å²) in [6, 6.07) is 17.0.